The summed E-state index contributed by atoms with van der Waals surface area (Å²) in [7, 11) is 0. The van der Waals surface area contributed by atoms with E-state index in [2.05, 4.69) is 20.9 Å². The quantitative estimate of drug-likeness (QED) is 0.817. The molecule has 0 aliphatic rings. The minimum atomic E-state index is -0.307. The van der Waals surface area contributed by atoms with Crippen molar-refractivity contribution in [1.29, 1.82) is 0 Å². The predicted molar refractivity (Wildman–Crippen MR) is 65.8 cm³/mol. The highest BCUT2D eigenvalue weighted by Crippen LogP contribution is 2.30. The Bertz CT molecular complexity index is 507. The summed E-state index contributed by atoms with van der Waals surface area (Å²) in [6.45, 7) is 3.92. The molecule has 0 amide bonds. The van der Waals surface area contributed by atoms with E-state index in [1.165, 1.54) is 17.4 Å². The number of rotatable bonds is 2. The maximum Gasteiger partial charge on any atom is 0.279 e. The lowest BCUT2D eigenvalue weighted by atomic mass is 10.3. The van der Waals surface area contributed by atoms with Gasteiger partial charge in [-0.3, -0.25) is 0 Å². The Labute approximate surface area is 105 Å². The third-order valence-corrected chi connectivity index (χ3v) is 3.66. The lowest BCUT2D eigenvalue weighted by Gasteiger charge is -2.02. The van der Waals surface area contributed by atoms with Crippen molar-refractivity contribution < 1.29 is 9.13 Å². The van der Waals surface area contributed by atoms with Gasteiger partial charge in [-0.25, -0.2) is 9.37 Å². The summed E-state index contributed by atoms with van der Waals surface area (Å²) in [5, 5.41) is 0.577. The molecule has 0 N–H and O–H groups in total. The first-order chi connectivity index (χ1) is 7.56. The van der Waals surface area contributed by atoms with Crippen molar-refractivity contribution in [2.45, 2.75) is 13.8 Å². The monoisotopic (exact) mass is 301 g/mol. The summed E-state index contributed by atoms with van der Waals surface area (Å²) < 4.78 is 18.9. The van der Waals surface area contributed by atoms with Gasteiger partial charge < -0.3 is 4.74 Å². The molecule has 1 aromatic carbocycles. The number of hydrogen-bond donors (Lipinski definition) is 0. The molecule has 0 fully saturated rings. The number of benzene rings is 1. The molecule has 2 aromatic rings. The number of aromatic nitrogens is 1. The fraction of sp³-hybridized carbons (Fsp3) is 0.182. The molecule has 5 heteroatoms. The molecule has 1 aromatic heterocycles. The molecule has 84 valence electrons. The molecule has 16 heavy (non-hydrogen) atoms. The number of aryl methyl sites for hydroxylation is 2. The van der Waals surface area contributed by atoms with E-state index in [4.69, 9.17) is 4.74 Å². The minimum absolute atomic E-state index is 0.307. The van der Waals surface area contributed by atoms with Crippen LogP contribution in [0.5, 0.6) is 10.9 Å². The predicted octanol–water partition coefficient (Wildman–Crippen LogP) is 4.45. The van der Waals surface area contributed by atoms with Gasteiger partial charge >= 0.3 is 0 Å². The second-order valence-corrected chi connectivity index (χ2v) is 5.32. The van der Waals surface area contributed by atoms with Gasteiger partial charge in [-0.2, -0.15) is 0 Å². The van der Waals surface area contributed by atoms with Crippen LogP contribution in [0, 0.1) is 19.7 Å². The van der Waals surface area contributed by atoms with Crippen LogP contribution in [0.15, 0.2) is 22.7 Å². The molecular weight excluding hydrogens is 293 g/mol. The zero-order chi connectivity index (χ0) is 11.7. The molecule has 0 aliphatic heterocycles. The first kappa shape index (κ1) is 11.5. The van der Waals surface area contributed by atoms with Crippen LogP contribution in [0.1, 0.15) is 10.6 Å². The zero-order valence-corrected chi connectivity index (χ0v) is 11.2. The SMILES string of the molecule is Cc1nc(Oc2ccc(F)c(Br)c2)sc1C. The number of nitrogens with zero attached hydrogens (tertiary/aromatic N) is 1. The molecule has 1 heterocycles. The average Bonchev–Trinajstić information content (AvgIpc) is 2.52. The lowest BCUT2D eigenvalue weighted by Crippen LogP contribution is -1.85. The molecule has 2 nitrogen and oxygen atoms in total. The van der Waals surface area contributed by atoms with Crippen LogP contribution in [0.25, 0.3) is 0 Å². The Morgan fingerprint density at radius 3 is 2.69 bits per heavy atom. The molecule has 0 radical (unpaired) electrons. The third-order valence-electron chi connectivity index (χ3n) is 2.11. The largest absolute Gasteiger partial charge is 0.431 e. The molecule has 2 rings (SSSR count). The number of ether oxygens (including phenoxy) is 1. The van der Waals surface area contributed by atoms with E-state index in [0.717, 1.165) is 10.6 Å². The first-order valence-electron chi connectivity index (χ1n) is 4.63. The highest BCUT2D eigenvalue weighted by molar-refractivity contribution is 9.10. The van der Waals surface area contributed by atoms with Gasteiger partial charge in [0.2, 0.25) is 0 Å². The van der Waals surface area contributed by atoms with Gasteiger partial charge in [0.1, 0.15) is 11.6 Å². The van der Waals surface area contributed by atoms with Crippen LogP contribution in [0.4, 0.5) is 4.39 Å². The second kappa shape index (κ2) is 4.51. The van der Waals surface area contributed by atoms with Gasteiger partial charge in [0.05, 0.1) is 10.2 Å². The standard InChI is InChI=1S/C11H9BrFNOS/c1-6-7(2)16-11(14-6)15-8-3-4-10(13)9(12)5-8/h3-5H,1-2H3. The van der Waals surface area contributed by atoms with E-state index in [-0.39, 0.29) is 5.82 Å². The summed E-state index contributed by atoms with van der Waals surface area (Å²) in [4.78, 5) is 5.37. The smallest absolute Gasteiger partial charge is 0.279 e. The van der Waals surface area contributed by atoms with E-state index in [9.17, 15) is 4.39 Å². The highest BCUT2D eigenvalue weighted by Gasteiger charge is 2.07. The normalized spacial score (nSPS) is 10.5. The second-order valence-electron chi connectivity index (χ2n) is 3.30. The van der Waals surface area contributed by atoms with Crippen molar-refractivity contribution in [3.8, 4) is 10.9 Å². The summed E-state index contributed by atoms with van der Waals surface area (Å²) in [5.74, 6) is 0.265. The molecule has 0 aliphatic carbocycles. The Morgan fingerprint density at radius 1 is 1.38 bits per heavy atom. The summed E-state index contributed by atoms with van der Waals surface area (Å²) in [5.41, 5.74) is 0.959. The van der Waals surface area contributed by atoms with Crippen molar-refractivity contribution in [2.24, 2.45) is 0 Å². The van der Waals surface area contributed by atoms with Crippen LogP contribution in [0.3, 0.4) is 0 Å². The molecule has 0 saturated carbocycles. The van der Waals surface area contributed by atoms with Crippen molar-refractivity contribution in [1.82, 2.24) is 4.98 Å². The van der Waals surface area contributed by atoms with Crippen LogP contribution in [-0.4, -0.2) is 4.98 Å². The highest BCUT2D eigenvalue weighted by atomic mass is 79.9. The van der Waals surface area contributed by atoms with Gasteiger partial charge in [0.25, 0.3) is 5.19 Å². The van der Waals surface area contributed by atoms with Crippen molar-refractivity contribution in [3.05, 3.63) is 39.1 Å². The van der Waals surface area contributed by atoms with Crippen molar-refractivity contribution in [3.63, 3.8) is 0 Å². The first-order valence-corrected chi connectivity index (χ1v) is 6.24. The van der Waals surface area contributed by atoms with Crippen LogP contribution in [-0.2, 0) is 0 Å². The number of halogens is 2. The third kappa shape index (κ3) is 2.41. The molecule has 0 saturated heterocycles. The molecule has 0 atom stereocenters. The van der Waals surface area contributed by atoms with E-state index >= 15 is 0 Å². The van der Waals surface area contributed by atoms with Gasteiger partial charge in [0.15, 0.2) is 0 Å². The minimum Gasteiger partial charge on any atom is -0.431 e. The molecule has 0 bridgehead atoms. The molecule has 0 unspecified atom stereocenters. The molecular formula is C11H9BrFNOS. The van der Waals surface area contributed by atoms with E-state index in [1.807, 2.05) is 13.8 Å². The van der Waals surface area contributed by atoms with Crippen LogP contribution < -0.4 is 4.74 Å². The average molecular weight is 302 g/mol. The summed E-state index contributed by atoms with van der Waals surface area (Å²) in [6, 6.07) is 4.51. The fourth-order valence-electron chi connectivity index (χ4n) is 1.13. The maximum absolute atomic E-state index is 13.0. The Morgan fingerprint density at radius 2 is 2.12 bits per heavy atom. The van der Waals surface area contributed by atoms with E-state index in [1.54, 1.807) is 12.1 Å². The van der Waals surface area contributed by atoms with Crippen LogP contribution in [0.2, 0.25) is 0 Å². The van der Waals surface area contributed by atoms with Gasteiger partial charge in [-0.15, -0.1) is 0 Å². The zero-order valence-electron chi connectivity index (χ0n) is 8.75. The van der Waals surface area contributed by atoms with E-state index in [0.29, 0.717) is 15.4 Å². The summed E-state index contributed by atoms with van der Waals surface area (Å²) in [6.07, 6.45) is 0. The van der Waals surface area contributed by atoms with Gasteiger partial charge in [-0.1, -0.05) is 11.3 Å². The van der Waals surface area contributed by atoms with E-state index < -0.39 is 0 Å². The number of thiazole rings is 1. The Hall–Kier alpha value is -0.940. The Balaban J connectivity index is 2.23. The Kier molecular flexibility index (Phi) is 3.25. The lowest BCUT2D eigenvalue weighted by molar-refractivity contribution is 0.475. The fourth-order valence-corrected chi connectivity index (χ4v) is 2.26. The van der Waals surface area contributed by atoms with Crippen molar-refractivity contribution in [2.75, 3.05) is 0 Å². The van der Waals surface area contributed by atoms with Crippen LogP contribution >= 0.6 is 27.3 Å². The molecule has 0 spiro atoms. The topological polar surface area (TPSA) is 22.1 Å². The van der Waals surface area contributed by atoms with Crippen molar-refractivity contribution >= 4 is 27.3 Å². The maximum atomic E-state index is 13.0. The number of hydrogen-bond acceptors (Lipinski definition) is 3. The summed E-state index contributed by atoms with van der Waals surface area (Å²) >= 11 is 4.58. The van der Waals surface area contributed by atoms with Gasteiger partial charge in [-0.05, 0) is 48.0 Å². The van der Waals surface area contributed by atoms with Gasteiger partial charge in [0, 0.05) is 4.88 Å².